The van der Waals surface area contributed by atoms with Crippen molar-refractivity contribution in [3.8, 4) is 5.75 Å². The van der Waals surface area contributed by atoms with Gasteiger partial charge in [0.1, 0.15) is 5.75 Å². The molecule has 30 heavy (non-hydrogen) atoms. The van der Waals surface area contributed by atoms with Gasteiger partial charge in [-0.1, -0.05) is 12.1 Å². The molecule has 1 atom stereocenters. The molecule has 1 amide bonds. The average molecular weight is 432 g/mol. The van der Waals surface area contributed by atoms with Crippen molar-refractivity contribution in [2.45, 2.75) is 31.8 Å². The van der Waals surface area contributed by atoms with Crippen LogP contribution >= 0.6 is 11.8 Å². The maximum absolute atomic E-state index is 12.6. The van der Waals surface area contributed by atoms with Crippen LogP contribution in [0.3, 0.4) is 0 Å². The first kappa shape index (κ1) is 23.3. The van der Waals surface area contributed by atoms with Gasteiger partial charge in [0.05, 0.1) is 30.0 Å². The Labute approximate surface area is 180 Å². The van der Waals surface area contributed by atoms with E-state index in [4.69, 9.17) is 14.2 Å². The number of carbonyl (C=O) groups is 3. The normalized spacial score (nSPS) is 11.3. The first-order chi connectivity index (χ1) is 14.4. The topological polar surface area (TPSA) is 90.9 Å². The number of nitrogens with one attached hydrogen (secondary N) is 1. The molecule has 8 heteroatoms. The minimum atomic E-state index is -0.882. The van der Waals surface area contributed by atoms with Gasteiger partial charge in [0, 0.05) is 4.90 Å². The highest BCUT2D eigenvalue weighted by Gasteiger charge is 2.20. The van der Waals surface area contributed by atoms with Crippen LogP contribution in [-0.4, -0.2) is 43.4 Å². The molecule has 0 heterocycles. The predicted molar refractivity (Wildman–Crippen MR) is 115 cm³/mol. The Kier molecular flexibility index (Phi) is 8.73. The van der Waals surface area contributed by atoms with Gasteiger partial charge in [-0.05, 0) is 57.4 Å². The molecular formula is C22H25NO6S. The summed E-state index contributed by atoms with van der Waals surface area (Å²) < 4.78 is 15.7. The summed E-state index contributed by atoms with van der Waals surface area (Å²) in [5.41, 5.74) is 0.952. The summed E-state index contributed by atoms with van der Waals surface area (Å²) in [6.45, 7) is 5.32. The van der Waals surface area contributed by atoms with Crippen molar-refractivity contribution >= 4 is 35.3 Å². The third-order valence-electron chi connectivity index (χ3n) is 3.98. The molecule has 0 bridgehead atoms. The Morgan fingerprint density at radius 2 is 1.53 bits per heavy atom. The third kappa shape index (κ3) is 6.25. The molecule has 0 saturated heterocycles. The zero-order valence-corrected chi connectivity index (χ0v) is 18.2. The molecule has 2 aromatic rings. The summed E-state index contributed by atoms with van der Waals surface area (Å²) in [5.74, 6) is -1.38. The number of carbonyl (C=O) groups excluding carboxylic acids is 3. The predicted octanol–water partition coefficient (Wildman–Crippen LogP) is 4.17. The van der Waals surface area contributed by atoms with E-state index in [1.165, 1.54) is 30.0 Å². The number of amides is 1. The highest BCUT2D eigenvalue weighted by molar-refractivity contribution is 7.98. The van der Waals surface area contributed by atoms with Crippen LogP contribution in [-0.2, 0) is 14.3 Å². The third-order valence-corrected chi connectivity index (χ3v) is 4.77. The summed E-state index contributed by atoms with van der Waals surface area (Å²) in [6.07, 6.45) is 1.04. The second-order valence-corrected chi connectivity index (χ2v) is 6.98. The minimum absolute atomic E-state index is 0.137. The molecule has 0 spiro atoms. The molecule has 0 fully saturated rings. The second-order valence-electron chi connectivity index (χ2n) is 6.14. The lowest BCUT2D eigenvalue weighted by Gasteiger charge is -2.17. The Hall–Kier alpha value is -3.00. The van der Waals surface area contributed by atoms with Gasteiger partial charge in [-0.3, -0.25) is 4.79 Å². The monoisotopic (exact) mass is 431 g/mol. The molecule has 0 aromatic heterocycles. The van der Waals surface area contributed by atoms with Crippen molar-refractivity contribution in [1.82, 2.24) is 0 Å². The number of esters is 2. The number of benzene rings is 2. The average Bonchev–Trinajstić information content (AvgIpc) is 2.74. The van der Waals surface area contributed by atoms with Gasteiger partial charge >= 0.3 is 11.9 Å². The van der Waals surface area contributed by atoms with Crippen molar-refractivity contribution in [2.75, 3.05) is 24.8 Å². The van der Waals surface area contributed by atoms with Gasteiger partial charge in [-0.25, -0.2) is 9.59 Å². The Morgan fingerprint density at radius 3 is 2.07 bits per heavy atom. The second kappa shape index (κ2) is 11.3. The number of para-hydroxylation sites is 1. The molecule has 0 aliphatic heterocycles. The summed E-state index contributed by atoms with van der Waals surface area (Å²) in [5, 5.41) is 2.83. The largest absolute Gasteiger partial charge is 0.481 e. The molecule has 160 valence electrons. The Balaban J connectivity index is 2.23. The van der Waals surface area contributed by atoms with E-state index in [2.05, 4.69) is 5.32 Å². The van der Waals surface area contributed by atoms with Crippen LogP contribution in [0.1, 0.15) is 41.5 Å². The maximum Gasteiger partial charge on any atom is 0.338 e. The number of thioether (sulfide) groups is 1. The molecule has 0 radical (unpaired) electrons. The lowest BCUT2D eigenvalue weighted by molar-refractivity contribution is -0.122. The number of hydrogen-bond donors (Lipinski definition) is 1. The van der Waals surface area contributed by atoms with Crippen molar-refractivity contribution in [3.05, 3.63) is 53.6 Å². The van der Waals surface area contributed by atoms with Gasteiger partial charge in [-0.15, -0.1) is 11.8 Å². The molecule has 7 nitrogen and oxygen atoms in total. The van der Waals surface area contributed by atoms with E-state index in [0.29, 0.717) is 5.69 Å². The SMILES string of the molecule is CCOC(=O)c1cc(OC(C)C(=O)Nc2ccccc2SC)cc(C(=O)OCC)c1. The molecule has 1 unspecified atom stereocenters. The molecule has 2 rings (SSSR count). The van der Waals surface area contributed by atoms with Crippen LogP contribution in [0.15, 0.2) is 47.4 Å². The Bertz CT molecular complexity index is 878. The van der Waals surface area contributed by atoms with Gasteiger partial charge in [0.25, 0.3) is 5.91 Å². The van der Waals surface area contributed by atoms with Crippen LogP contribution in [0, 0.1) is 0 Å². The first-order valence-electron chi connectivity index (χ1n) is 9.49. The lowest BCUT2D eigenvalue weighted by atomic mass is 10.1. The van der Waals surface area contributed by atoms with E-state index < -0.39 is 18.0 Å². The van der Waals surface area contributed by atoms with Crippen molar-refractivity contribution in [3.63, 3.8) is 0 Å². The van der Waals surface area contributed by atoms with Crippen molar-refractivity contribution < 1.29 is 28.6 Å². The lowest BCUT2D eigenvalue weighted by Crippen LogP contribution is -2.30. The van der Waals surface area contributed by atoms with Gasteiger partial charge in [0.2, 0.25) is 0 Å². The van der Waals surface area contributed by atoms with Crippen molar-refractivity contribution in [2.24, 2.45) is 0 Å². The zero-order chi connectivity index (χ0) is 22.1. The first-order valence-corrected chi connectivity index (χ1v) is 10.7. The summed E-state index contributed by atoms with van der Waals surface area (Å²) >= 11 is 1.51. The van der Waals surface area contributed by atoms with Crippen LogP contribution in [0.5, 0.6) is 5.75 Å². The van der Waals surface area contributed by atoms with Crippen LogP contribution in [0.25, 0.3) is 0 Å². The summed E-state index contributed by atoms with van der Waals surface area (Å²) in [6, 6.07) is 11.7. The number of ether oxygens (including phenoxy) is 3. The summed E-state index contributed by atoms with van der Waals surface area (Å²) in [7, 11) is 0. The van der Waals surface area contributed by atoms with Gasteiger partial charge in [-0.2, -0.15) is 0 Å². The summed E-state index contributed by atoms with van der Waals surface area (Å²) in [4.78, 5) is 37.8. The van der Waals surface area contributed by atoms with E-state index in [1.807, 2.05) is 24.5 Å². The minimum Gasteiger partial charge on any atom is -0.481 e. The molecule has 1 N–H and O–H groups in total. The van der Waals surface area contributed by atoms with E-state index in [-0.39, 0.29) is 36.0 Å². The van der Waals surface area contributed by atoms with Crippen LogP contribution in [0.2, 0.25) is 0 Å². The fraction of sp³-hybridized carbons (Fsp3) is 0.318. The van der Waals surface area contributed by atoms with Gasteiger partial charge < -0.3 is 19.5 Å². The fourth-order valence-corrected chi connectivity index (χ4v) is 3.13. The van der Waals surface area contributed by atoms with Gasteiger partial charge in [0.15, 0.2) is 6.10 Å². The standard InChI is InChI=1S/C22H25NO6S/c1-5-27-21(25)15-11-16(22(26)28-6-2)13-17(12-15)29-14(3)20(24)23-18-9-7-8-10-19(18)30-4/h7-14H,5-6H2,1-4H3,(H,23,24). The van der Waals surface area contributed by atoms with E-state index >= 15 is 0 Å². The molecular weight excluding hydrogens is 406 g/mol. The van der Waals surface area contributed by atoms with Crippen molar-refractivity contribution in [1.29, 1.82) is 0 Å². The zero-order valence-electron chi connectivity index (χ0n) is 17.4. The fourth-order valence-electron chi connectivity index (χ4n) is 2.57. The molecule has 2 aromatic carbocycles. The highest BCUT2D eigenvalue weighted by atomic mass is 32.2. The van der Waals surface area contributed by atoms with E-state index in [1.54, 1.807) is 26.8 Å². The molecule has 0 saturated carbocycles. The highest BCUT2D eigenvalue weighted by Crippen LogP contribution is 2.25. The molecule has 0 aliphatic carbocycles. The number of hydrogen-bond acceptors (Lipinski definition) is 7. The van der Waals surface area contributed by atoms with E-state index in [9.17, 15) is 14.4 Å². The van der Waals surface area contributed by atoms with E-state index in [0.717, 1.165) is 4.90 Å². The maximum atomic E-state index is 12.6. The molecule has 0 aliphatic rings. The number of anilines is 1. The van der Waals surface area contributed by atoms with Crippen LogP contribution < -0.4 is 10.1 Å². The van der Waals surface area contributed by atoms with Crippen LogP contribution in [0.4, 0.5) is 5.69 Å². The number of rotatable bonds is 9. The smallest absolute Gasteiger partial charge is 0.338 e. The quantitative estimate of drug-likeness (QED) is 0.471. The Morgan fingerprint density at radius 1 is 0.967 bits per heavy atom.